The fourth-order valence-electron chi connectivity index (χ4n) is 2.08. The highest BCUT2D eigenvalue weighted by Gasteiger charge is 1.97. The van der Waals surface area contributed by atoms with E-state index in [0.717, 1.165) is 18.8 Å². The topological polar surface area (TPSA) is 58.7 Å². The van der Waals surface area contributed by atoms with Crippen molar-refractivity contribution in [3.05, 3.63) is 5.21 Å². The summed E-state index contributed by atoms with van der Waals surface area (Å²) >= 11 is 0. The standard InChI is InChI=1S/C14H30N2O2/c1-14(2)12-10-8-6-4-3-5-7-9-11-13-16(18)15-17/h14,17H,3-13H2,1-2H3. The molecule has 0 spiro atoms. The Balaban J connectivity index is 3.03. The van der Waals surface area contributed by atoms with E-state index in [1.54, 1.807) is 0 Å². The van der Waals surface area contributed by atoms with Crippen LogP contribution in [0.25, 0.3) is 0 Å². The third-order valence-electron chi connectivity index (χ3n) is 3.23. The lowest BCUT2D eigenvalue weighted by Gasteiger charge is -2.04. The van der Waals surface area contributed by atoms with Gasteiger partial charge in [-0.05, 0) is 12.3 Å². The van der Waals surface area contributed by atoms with Crippen molar-refractivity contribution in [3.8, 4) is 0 Å². The first-order chi connectivity index (χ1) is 8.66. The Morgan fingerprint density at radius 1 is 0.889 bits per heavy atom. The molecule has 0 heterocycles. The molecule has 0 bridgehead atoms. The maximum atomic E-state index is 10.6. The van der Waals surface area contributed by atoms with Gasteiger partial charge in [-0.1, -0.05) is 70.1 Å². The highest BCUT2D eigenvalue weighted by Crippen LogP contribution is 2.12. The van der Waals surface area contributed by atoms with Gasteiger partial charge >= 0.3 is 0 Å². The smallest absolute Gasteiger partial charge is 0.197 e. The second-order valence-electron chi connectivity index (χ2n) is 5.53. The number of rotatable bonds is 12. The van der Waals surface area contributed by atoms with Crippen molar-refractivity contribution in [1.29, 1.82) is 0 Å². The van der Waals surface area contributed by atoms with Gasteiger partial charge in [-0.2, -0.15) is 0 Å². The van der Waals surface area contributed by atoms with Crippen LogP contribution in [-0.2, 0) is 0 Å². The number of unbranched alkanes of at least 4 members (excludes halogenated alkanes) is 8. The largest absolute Gasteiger partial charge is 0.597 e. The minimum absolute atomic E-state index is 0.311. The van der Waals surface area contributed by atoms with E-state index in [9.17, 15) is 5.21 Å². The number of hydrogen-bond donors (Lipinski definition) is 1. The van der Waals surface area contributed by atoms with E-state index in [0.29, 0.717) is 11.4 Å². The van der Waals surface area contributed by atoms with Crippen molar-refractivity contribution in [2.75, 3.05) is 6.54 Å². The zero-order chi connectivity index (χ0) is 13.6. The van der Waals surface area contributed by atoms with E-state index in [1.807, 2.05) is 0 Å². The molecule has 0 radical (unpaired) electrons. The molecule has 0 amide bonds. The van der Waals surface area contributed by atoms with Crippen LogP contribution in [0.2, 0.25) is 0 Å². The number of hydroxylamine groups is 1. The summed E-state index contributed by atoms with van der Waals surface area (Å²) in [5.74, 6) is 0.844. The van der Waals surface area contributed by atoms with Crippen molar-refractivity contribution in [1.82, 2.24) is 0 Å². The van der Waals surface area contributed by atoms with E-state index in [-0.39, 0.29) is 0 Å². The predicted molar refractivity (Wildman–Crippen MR) is 73.7 cm³/mol. The van der Waals surface area contributed by atoms with Crippen LogP contribution in [-0.4, -0.2) is 16.6 Å². The molecular formula is C14H30N2O2. The Kier molecular flexibility index (Phi) is 12.1. The summed E-state index contributed by atoms with van der Waals surface area (Å²) in [6.07, 6.45) is 12.5. The Morgan fingerprint density at radius 2 is 1.33 bits per heavy atom. The second-order valence-corrected chi connectivity index (χ2v) is 5.53. The summed E-state index contributed by atoms with van der Waals surface area (Å²) in [4.78, 5) is 0.342. The number of hydrogen-bond acceptors (Lipinski definition) is 2. The van der Waals surface area contributed by atoms with Crippen LogP contribution in [0, 0.1) is 11.1 Å². The van der Waals surface area contributed by atoms with Gasteiger partial charge in [-0.15, -0.1) is 0 Å². The third kappa shape index (κ3) is 13.3. The van der Waals surface area contributed by atoms with Gasteiger partial charge in [-0.25, -0.2) is 0 Å². The molecule has 0 saturated heterocycles. The number of nitrogens with zero attached hydrogens (tertiary/aromatic N) is 2. The predicted octanol–water partition coefficient (Wildman–Crippen LogP) is 4.90. The molecule has 108 valence electrons. The molecule has 0 aromatic heterocycles. The highest BCUT2D eigenvalue weighted by atomic mass is 16.6. The van der Waals surface area contributed by atoms with Crippen molar-refractivity contribution in [3.63, 3.8) is 0 Å². The Labute approximate surface area is 112 Å². The Hall–Kier alpha value is -0.800. The van der Waals surface area contributed by atoms with Crippen molar-refractivity contribution < 1.29 is 10.1 Å². The molecule has 0 saturated carbocycles. The zero-order valence-electron chi connectivity index (χ0n) is 12.1. The molecule has 0 fully saturated rings. The molecule has 0 atom stereocenters. The van der Waals surface area contributed by atoms with Crippen LogP contribution in [0.4, 0.5) is 0 Å². The van der Waals surface area contributed by atoms with Gasteiger partial charge in [0, 0.05) is 6.42 Å². The summed E-state index contributed by atoms with van der Waals surface area (Å²) in [6, 6.07) is 0. The highest BCUT2D eigenvalue weighted by molar-refractivity contribution is 4.49. The molecule has 0 rings (SSSR count). The molecule has 0 aliphatic rings. The van der Waals surface area contributed by atoms with Gasteiger partial charge in [0.1, 0.15) is 0 Å². The van der Waals surface area contributed by atoms with Gasteiger partial charge in [0.15, 0.2) is 11.8 Å². The Morgan fingerprint density at radius 3 is 1.78 bits per heavy atom. The van der Waals surface area contributed by atoms with Gasteiger partial charge in [-0.3, -0.25) is 0 Å². The quantitative estimate of drug-likeness (QED) is 0.234. The third-order valence-corrected chi connectivity index (χ3v) is 3.23. The lowest BCUT2D eigenvalue weighted by molar-refractivity contribution is -0.556. The zero-order valence-corrected chi connectivity index (χ0v) is 12.1. The van der Waals surface area contributed by atoms with Crippen molar-refractivity contribution in [2.24, 2.45) is 11.2 Å². The van der Waals surface area contributed by atoms with Gasteiger partial charge in [0.05, 0.1) is 0 Å². The minimum Gasteiger partial charge on any atom is -0.597 e. The van der Waals surface area contributed by atoms with Crippen LogP contribution >= 0.6 is 0 Å². The van der Waals surface area contributed by atoms with Crippen LogP contribution in [0.15, 0.2) is 5.28 Å². The summed E-state index contributed by atoms with van der Waals surface area (Å²) in [7, 11) is 0. The van der Waals surface area contributed by atoms with Crippen LogP contribution < -0.4 is 0 Å². The van der Waals surface area contributed by atoms with Gasteiger partial charge in [0.25, 0.3) is 0 Å². The van der Waals surface area contributed by atoms with Crippen LogP contribution in [0.1, 0.15) is 78.1 Å². The van der Waals surface area contributed by atoms with E-state index in [1.165, 1.54) is 51.4 Å². The molecule has 1 N–H and O–H groups in total. The maximum absolute atomic E-state index is 10.6. The molecule has 4 heteroatoms. The SMILES string of the molecule is CC(C)CCCCCCCCCCC[N+]([O-])=NO. The molecule has 0 aromatic carbocycles. The molecule has 18 heavy (non-hydrogen) atoms. The first-order valence-corrected chi connectivity index (χ1v) is 7.46. The minimum atomic E-state index is 0.311. The van der Waals surface area contributed by atoms with Crippen molar-refractivity contribution in [2.45, 2.75) is 78.1 Å². The summed E-state index contributed by atoms with van der Waals surface area (Å²) in [6.45, 7) is 4.88. The van der Waals surface area contributed by atoms with Gasteiger partial charge in [0.2, 0.25) is 0 Å². The first-order valence-electron chi connectivity index (χ1n) is 7.46. The molecule has 4 nitrogen and oxygen atoms in total. The molecular weight excluding hydrogens is 228 g/mol. The summed E-state index contributed by atoms with van der Waals surface area (Å²) < 4.78 is 0. The normalized spacial score (nSPS) is 12.3. The second kappa shape index (κ2) is 12.7. The fraction of sp³-hybridized carbons (Fsp3) is 1.00. The fourth-order valence-corrected chi connectivity index (χ4v) is 2.08. The van der Waals surface area contributed by atoms with Crippen LogP contribution in [0.5, 0.6) is 0 Å². The first kappa shape index (κ1) is 17.2. The van der Waals surface area contributed by atoms with E-state index in [4.69, 9.17) is 5.21 Å². The lowest BCUT2D eigenvalue weighted by atomic mass is 10.0. The van der Waals surface area contributed by atoms with E-state index < -0.39 is 0 Å². The lowest BCUT2D eigenvalue weighted by Crippen LogP contribution is -2.01. The van der Waals surface area contributed by atoms with Crippen LogP contribution in [0.3, 0.4) is 0 Å². The molecule has 0 aromatic rings. The average Bonchev–Trinajstić information content (AvgIpc) is 2.35. The van der Waals surface area contributed by atoms with E-state index >= 15 is 0 Å². The monoisotopic (exact) mass is 258 g/mol. The average molecular weight is 258 g/mol. The Bertz CT molecular complexity index is 206. The summed E-state index contributed by atoms with van der Waals surface area (Å²) in [5, 5.41) is 21.3. The molecule has 0 unspecified atom stereocenters. The van der Waals surface area contributed by atoms with Gasteiger partial charge < -0.3 is 10.4 Å². The van der Waals surface area contributed by atoms with E-state index in [2.05, 4.69) is 19.1 Å². The van der Waals surface area contributed by atoms with Crippen molar-refractivity contribution >= 4 is 0 Å². The maximum Gasteiger partial charge on any atom is 0.197 e. The molecule has 0 aliphatic carbocycles. The summed E-state index contributed by atoms with van der Waals surface area (Å²) in [5.41, 5.74) is 0. The molecule has 0 aliphatic heterocycles.